The van der Waals surface area contributed by atoms with Gasteiger partial charge in [-0.15, -0.1) is 0 Å². The maximum atomic E-state index is 9.90. The topological polar surface area (TPSA) is 41.5 Å². The van der Waals surface area contributed by atoms with Crippen LogP contribution in [0.1, 0.15) is 53.9 Å². The first-order valence-corrected chi connectivity index (χ1v) is 7.86. The van der Waals surface area contributed by atoms with E-state index in [4.69, 9.17) is 4.74 Å². The van der Waals surface area contributed by atoms with Crippen LogP contribution in [0.25, 0.3) is 0 Å². The van der Waals surface area contributed by atoms with E-state index in [2.05, 4.69) is 39.9 Å². The van der Waals surface area contributed by atoms with Crippen molar-refractivity contribution in [3.05, 3.63) is 0 Å². The van der Waals surface area contributed by atoms with Crippen LogP contribution in [0.15, 0.2) is 0 Å². The minimum absolute atomic E-state index is 0.236. The predicted molar refractivity (Wildman–Crippen MR) is 80.3 cm³/mol. The van der Waals surface area contributed by atoms with Crippen molar-refractivity contribution in [1.29, 1.82) is 0 Å². The first kappa shape index (κ1) is 16.9. The van der Waals surface area contributed by atoms with Crippen LogP contribution < -0.4 is 5.32 Å². The number of rotatable bonds is 10. The molecule has 0 aromatic rings. The number of aliphatic hydroxyl groups is 1. The Kier molecular flexibility index (Phi) is 6.78. The summed E-state index contributed by atoms with van der Waals surface area (Å²) in [6.07, 6.45) is 3.56. The lowest BCUT2D eigenvalue weighted by molar-refractivity contribution is -0.00892. The minimum Gasteiger partial charge on any atom is -0.389 e. The van der Waals surface area contributed by atoms with E-state index >= 15 is 0 Å². The Hall–Kier alpha value is -0.120. The minimum atomic E-state index is -0.391. The molecule has 0 amide bonds. The van der Waals surface area contributed by atoms with Crippen molar-refractivity contribution in [2.75, 3.05) is 19.7 Å². The number of hydrogen-bond acceptors (Lipinski definition) is 3. The van der Waals surface area contributed by atoms with Gasteiger partial charge in [0, 0.05) is 13.1 Å². The highest BCUT2D eigenvalue weighted by Gasteiger charge is 2.44. The van der Waals surface area contributed by atoms with E-state index in [1.807, 2.05) is 0 Å². The molecule has 0 aromatic carbocycles. The fourth-order valence-electron chi connectivity index (χ4n) is 2.67. The van der Waals surface area contributed by atoms with E-state index in [1.165, 1.54) is 12.8 Å². The molecule has 1 rings (SSSR count). The van der Waals surface area contributed by atoms with Crippen LogP contribution in [-0.2, 0) is 4.74 Å². The highest BCUT2D eigenvalue weighted by atomic mass is 16.5. The molecule has 2 N–H and O–H groups in total. The molecule has 0 bridgehead atoms. The first-order chi connectivity index (χ1) is 8.85. The third-order valence-corrected chi connectivity index (χ3v) is 4.35. The molecule has 0 heterocycles. The second-order valence-corrected chi connectivity index (χ2v) is 7.08. The van der Waals surface area contributed by atoms with Gasteiger partial charge in [0.15, 0.2) is 0 Å². The predicted octanol–water partition coefficient (Wildman–Crippen LogP) is 2.82. The molecule has 3 nitrogen and oxygen atoms in total. The van der Waals surface area contributed by atoms with Crippen molar-refractivity contribution in [2.45, 2.75) is 66.1 Å². The fraction of sp³-hybridized carbons (Fsp3) is 1.00. The normalized spacial score (nSPS) is 20.8. The SMILES string of the molecule is CC(C)CC(C)OCC(O)CNCC1(C(C)C)CC1. The molecule has 1 saturated carbocycles. The van der Waals surface area contributed by atoms with Gasteiger partial charge >= 0.3 is 0 Å². The quantitative estimate of drug-likeness (QED) is 0.642. The molecule has 2 atom stereocenters. The molecule has 3 heteroatoms. The van der Waals surface area contributed by atoms with Gasteiger partial charge in [-0.3, -0.25) is 0 Å². The van der Waals surface area contributed by atoms with Crippen LogP contribution in [-0.4, -0.2) is 37.0 Å². The van der Waals surface area contributed by atoms with Crippen LogP contribution in [0.2, 0.25) is 0 Å². The molecule has 19 heavy (non-hydrogen) atoms. The summed E-state index contributed by atoms with van der Waals surface area (Å²) < 4.78 is 5.67. The summed E-state index contributed by atoms with van der Waals surface area (Å²) in [5.41, 5.74) is 0.505. The molecule has 1 fully saturated rings. The number of hydrogen-bond donors (Lipinski definition) is 2. The summed E-state index contributed by atoms with van der Waals surface area (Å²) >= 11 is 0. The molecule has 2 unspecified atom stereocenters. The van der Waals surface area contributed by atoms with Gasteiger partial charge < -0.3 is 15.2 Å². The van der Waals surface area contributed by atoms with Crippen molar-refractivity contribution in [2.24, 2.45) is 17.3 Å². The van der Waals surface area contributed by atoms with Gasteiger partial charge in [0.05, 0.1) is 18.8 Å². The molecule has 0 aromatic heterocycles. The Labute approximate surface area is 119 Å². The fourth-order valence-corrected chi connectivity index (χ4v) is 2.67. The molecule has 0 spiro atoms. The molecule has 1 aliphatic rings. The summed E-state index contributed by atoms with van der Waals surface area (Å²) in [4.78, 5) is 0. The van der Waals surface area contributed by atoms with Crippen molar-refractivity contribution in [3.8, 4) is 0 Å². The van der Waals surface area contributed by atoms with Gasteiger partial charge in [0.2, 0.25) is 0 Å². The number of ether oxygens (including phenoxy) is 1. The molecular weight excluding hydrogens is 238 g/mol. The average molecular weight is 271 g/mol. The molecule has 114 valence electrons. The van der Waals surface area contributed by atoms with Crippen LogP contribution >= 0.6 is 0 Å². The van der Waals surface area contributed by atoms with E-state index in [0.717, 1.165) is 18.9 Å². The van der Waals surface area contributed by atoms with Crippen molar-refractivity contribution in [1.82, 2.24) is 5.32 Å². The van der Waals surface area contributed by atoms with Gasteiger partial charge in [0.25, 0.3) is 0 Å². The second kappa shape index (κ2) is 7.61. The van der Waals surface area contributed by atoms with Crippen molar-refractivity contribution in [3.63, 3.8) is 0 Å². The van der Waals surface area contributed by atoms with Crippen molar-refractivity contribution >= 4 is 0 Å². The summed E-state index contributed by atoms with van der Waals surface area (Å²) in [6, 6.07) is 0. The Morgan fingerprint density at radius 1 is 1.16 bits per heavy atom. The maximum Gasteiger partial charge on any atom is 0.0897 e. The number of aliphatic hydroxyl groups excluding tert-OH is 1. The zero-order valence-corrected chi connectivity index (χ0v) is 13.4. The lowest BCUT2D eigenvalue weighted by atomic mass is 9.92. The lowest BCUT2D eigenvalue weighted by Gasteiger charge is -2.22. The Morgan fingerprint density at radius 2 is 1.79 bits per heavy atom. The maximum absolute atomic E-state index is 9.90. The largest absolute Gasteiger partial charge is 0.389 e. The summed E-state index contributed by atoms with van der Waals surface area (Å²) in [6.45, 7) is 13.2. The zero-order valence-electron chi connectivity index (χ0n) is 13.4. The third-order valence-electron chi connectivity index (χ3n) is 4.35. The zero-order chi connectivity index (χ0) is 14.5. The lowest BCUT2D eigenvalue weighted by Crippen LogP contribution is -2.36. The monoisotopic (exact) mass is 271 g/mol. The molecule has 0 radical (unpaired) electrons. The van der Waals surface area contributed by atoms with E-state index in [0.29, 0.717) is 24.5 Å². The number of nitrogens with one attached hydrogen (secondary N) is 1. The van der Waals surface area contributed by atoms with E-state index in [1.54, 1.807) is 0 Å². The first-order valence-electron chi connectivity index (χ1n) is 7.86. The smallest absolute Gasteiger partial charge is 0.0897 e. The molecule has 0 saturated heterocycles. The molecule has 0 aliphatic heterocycles. The van der Waals surface area contributed by atoms with E-state index in [9.17, 15) is 5.11 Å². The van der Waals surface area contributed by atoms with Crippen LogP contribution in [0.3, 0.4) is 0 Å². The Morgan fingerprint density at radius 3 is 2.26 bits per heavy atom. The van der Waals surface area contributed by atoms with Crippen LogP contribution in [0.5, 0.6) is 0 Å². The molecular formula is C16H33NO2. The van der Waals surface area contributed by atoms with Crippen LogP contribution in [0, 0.1) is 17.3 Å². The average Bonchev–Trinajstić information content (AvgIpc) is 3.06. The van der Waals surface area contributed by atoms with Gasteiger partial charge in [-0.05, 0) is 43.4 Å². The van der Waals surface area contributed by atoms with E-state index in [-0.39, 0.29) is 6.10 Å². The standard InChI is InChI=1S/C16H33NO2/c1-12(2)8-14(5)19-10-15(18)9-17-11-16(6-7-16)13(3)4/h12-15,17-18H,6-11H2,1-5H3. The van der Waals surface area contributed by atoms with Crippen molar-refractivity contribution < 1.29 is 9.84 Å². The summed E-state index contributed by atoms with van der Waals surface area (Å²) in [5, 5.41) is 13.3. The molecule has 1 aliphatic carbocycles. The highest BCUT2D eigenvalue weighted by Crippen LogP contribution is 2.51. The highest BCUT2D eigenvalue weighted by molar-refractivity contribution is 4.97. The van der Waals surface area contributed by atoms with Gasteiger partial charge in [-0.2, -0.15) is 0 Å². The summed E-state index contributed by atoms with van der Waals surface area (Å²) in [5.74, 6) is 1.38. The Balaban J connectivity index is 2.06. The third kappa shape index (κ3) is 6.24. The van der Waals surface area contributed by atoms with Gasteiger partial charge in [0.1, 0.15) is 0 Å². The Bertz CT molecular complexity index is 249. The second-order valence-electron chi connectivity index (χ2n) is 7.08. The van der Waals surface area contributed by atoms with Crippen LogP contribution in [0.4, 0.5) is 0 Å². The van der Waals surface area contributed by atoms with E-state index < -0.39 is 6.10 Å². The van der Waals surface area contributed by atoms with Gasteiger partial charge in [-0.25, -0.2) is 0 Å². The summed E-state index contributed by atoms with van der Waals surface area (Å²) in [7, 11) is 0. The van der Waals surface area contributed by atoms with Gasteiger partial charge in [-0.1, -0.05) is 27.7 Å².